The lowest BCUT2D eigenvalue weighted by Gasteiger charge is -2.20. The minimum absolute atomic E-state index is 0.114. The SMILES string of the molecule is CCN(CC)c1ccc(/C=C2\SC(=Nc3cccc(Br)c3)NC2=O)cc1. The zero-order valence-corrected chi connectivity index (χ0v) is 17.1. The monoisotopic (exact) mass is 429 g/mol. The molecule has 3 rings (SSSR count). The van der Waals surface area contributed by atoms with Gasteiger partial charge >= 0.3 is 0 Å². The first kappa shape index (κ1) is 18.7. The first-order chi connectivity index (χ1) is 12.6. The molecular weight excluding hydrogens is 410 g/mol. The molecule has 0 aliphatic carbocycles. The van der Waals surface area contributed by atoms with Crippen LogP contribution in [-0.2, 0) is 4.79 Å². The van der Waals surface area contributed by atoms with Crippen molar-refractivity contribution >= 4 is 56.2 Å². The van der Waals surface area contributed by atoms with Crippen molar-refractivity contribution in [2.45, 2.75) is 13.8 Å². The van der Waals surface area contributed by atoms with E-state index in [2.05, 4.69) is 57.1 Å². The van der Waals surface area contributed by atoms with Gasteiger partial charge in [-0.05, 0) is 67.6 Å². The summed E-state index contributed by atoms with van der Waals surface area (Å²) in [7, 11) is 0. The second kappa shape index (κ2) is 8.56. The average Bonchev–Trinajstić information content (AvgIpc) is 2.96. The van der Waals surface area contributed by atoms with Gasteiger partial charge in [-0.2, -0.15) is 0 Å². The van der Waals surface area contributed by atoms with Gasteiger partial charge in [0.15, 0.2) is 5.17 Å². The van der Waals surface area contributed by atoms with Gasteiger partial charge in [-0.1, -0.05) is 34.1 Å². The molecule has 0 unspecified atom stereocenters. The molecule has 1 aliphatic rings. The van der Waals surface area contributed by atoms with Crippen molar-refractivity contribution in [3.05, 3.63) is 63.5 Å². The molecule has 1 aliphatic heterocycles. The third kappa shape index (κ3) is 4.56. The summed E-state index contributed by atoms with van der Waals surface area (Å²) in [6.45, 7) is 6.24. The van der Waals surface area contributed by atoms with Crippen LogP contribution in [0.25, 0.3) is 6.08 Å². The summed E-state index contributed by atoms with van der Waals surface area (Å²) >= 11 is 4.79. The second-order valence-corrected chi connectivity index (χ2v) is 7.67. The van der Waals surface area contributed by atoms with E-state index in [1.807, 2.05) is 42.5 Å². The van der Waals surface area contributed by atoms with Crippen LogP contribution in [0, 0.1) is 0 Å². The zero-order valence-electron chi connectivity index (χ0n) is 14.7. The Labute approximate surface area is 166 Å². The van der Waals surface area contributed by atoms with Crippen LogP contribution in [0.3, 0.4) is 0 Å². The molecule has 4 nitrogen and oxygen atoms in total. The highest BCUT2D eigenvalue weighted by Gasteiger charge is 2.23. The first-order valence-electron chi connectivity index (χ1n) is 8.49. The average molecular weight is 430 g/mol. The minimum Gasteiger partial charge on any atom is -0.372 e. The molecule has 1 amide bonds. The highest BCUT2D eigenvalue weighted by atomic mass is 79.9. The zero-order chi connectivity index (χ0) is 18.5. The fourth-order valence-electron chi connectivity index (χ4n) is 2.66. The van der Waals surface area contributed by atoms with Crippen molar-refractivity contribution in [3.63, 3.8) is 0 Å². The Balaban J connectivity index is 1.76. The summed E-state index contributed by atoms with van der Waals surface area (Å²) in [5, 5.41) is 3.42. The number of nitrogens with zero attached hydrogens (tertiary/aromatic N) is 2. The van der Waals surface area contributed by atoms with Gasteiger partial charge in [0.2, 0.25) is 0 Å². The molecule has 2 aromatic carbocycles. The highest BCUT2D eigenvalue weighted by molar-refractivity contribution is 9.10. The van der Waals surface area contributed by atoms with E-state index >= 15 is 0 Å². The van der Waals surface area contributed by atoms with Crippen molar-refractivity contribution < 1.29 is 4.79 Å². The molecule has 1 saturated heterocycles. The number of amides is 1. The fraction of sp³-hybridized carbons (Fsp3) is 0.200. The number of aliphatic imine (C=N–C) groups is 1. The van der Waals surface area contributed by atoms with E-state index in [4.69, 9.17) is 0 Å². The Morgan fingerprint density at radius 1 is 1.15 bits per heavy atom. The van der Waals surface area contributed by atoms with Gasteiger partial charge in [-0.15, -0.1) is 0 Å². The lowest BCUT2D eigenvalue weighted by atomic mass is 10.2. The minimum atomic E-state index is -0.114. The molecule has 1 fully saturated rings. The fourth-order valence-corrected chi connectivity index (χ4v) is 3.89. The van der Waals surface area contributed by atoms with Gasteiger partial charge < -0.3 is 10.2 Å². The molecule has 2 aromatic rings. The maximum atomic E-state index is 12.2. The number of nitrogens with one attached hydrogen (secondary N) is 1. The van der Waals surface area contributed by atoms with Crippen LogP contribution in [0.5, 0.6) is 0 Å². The Hall–Kier alpha value is -2.05. The first-order valence-corrected chi connectivity index (χ1v) is 10.1. The number of amidine groups is 1. The van der Waals surface area contributed by atoms with Gasteiger partial charge in [0.1, 0.15) is 0 Å². The van der Waals surface area contributed by atoms with Crippen molar-refractivity contribution in [2.24, 2.45) is 4.99 Å². The topological polar surface area (TPSA) is 44.7 Å². The van der Waals surface area contributed by atoms with E-state index in [0.29, 0.717) is 10.1 Å². The predicted molar refractivity (Wildman–Crippen MR) is 115 cm³/mol. The van der Waals surface area contributed by atoms with Gasteiger partial charge in [0.25, 0.3) is 5.91 Å². The summed E-state index contributed by atoms with van der Waals surface area (Å²) < 4.78 is 0.956. The molecule has 1 N–H and O–H groups in total. The lowest BCUT2D eigenvalue weighted by Crippen LogP contribution is -2.21. The quantitative estimate of drug-likeness (QED) is 0.665. The van der Waals surface area contributed by atoms with E-state index < -0.39 is 0 Å². The Morgan fingerprint density at radius 2 is 1.88 bits per heavy atom. The Bertz CT molecular complexity index is 858. The maximum absolute atomic E-state index is 12.2. The molecule has 1 heterocycles. The number of anilines is 1. The molecule has 0 saturated carbocycles. The van der Waals surface area contributed by atoms with Crippen LogP contribution < -0.4 is 10.2 Å². The second-order valence-electron chi connectivity index (χ2n) is 5.73. The molecule has 6 heteroatoms. The summed E-state index contributed by atoms with van der Waals surface area (Å²) in [6.07, 6.45) is 1.90. The predicted octanol–water partition coefficient (Wildman–Crippen LogP) is 5.19. The van der Waals surface area contributed by atoms with Crippen molar-refractivity contribution in [2.75, 3.05) is 18.0 Å². The molecular formula is C20H20BrN3OS. The molecule has 134 valence electrons. The molecule has 0 aromatic heterocycles. The third-order valence-corrected chi connectivity index (χ3v) is 5.41. The maximum Gasteiger partial charge on any atom is 0.264 e. The van der Waals surface area contributed by atoms with E-state index in [-0.39, 0.29) is 5.91 Å². The van der Waals surface area contributed by atoms with Crippen LogP contribution in [-0.4, -0.2) is 24.2 Å². The van der Waals surface area contributed by atoms with Crippen LogP contribution >= 0.6 is 27.7 Å². The van der Waals surface area contributed by atoms with Crippen molar-refractivity contribution in [3.8, 4) is 0 Å². The summed E-state index contributed by atoms with van der Waals surface area (Å²) in [5.41, 5.74) is 2.99. The largest absolute Gasteiger partial charge is 0.372 e. The number of thioether (sulfide) groups is 1. The van der Waals surface area contributed by atoms with E-state index in [0.717, 1.165) is 28.8 Å². The number of benzene rings is 2. The van der Waals surface area contributed by atoms with Crippen LogP contribution in [0.15, 0.2) is 62.9 Å². The number of carbonyl (C=O) groups excluding carboxylic acids is 1. The van der Waals surface area contributed by atoms with E-state index in [1.165, 1.54) is 17.4 Å². The van der Waals surface area contributed by atoms with Gasteiger partial charge in [-0.25, -0.2) is 4.99 Å². The third-order valence-electron chi connectivity index (χ3n) is 4.01. The van der Waals surface area contributed by atoms with Crippen molar-refractivity contribution in [1.82, 2.24) is 5.32 Å². The van der Waals surface area contributed by atoms with E-state index in [1.54, 1.807) is 0 Å². The van der Waals surface area contributed by atoms with Crippen molar-refractivity contribution in [1.29, 1.82) is 0 Å². The Morgan fingerprint density at radius 3 is 2.54 bits per heavy atom. The standard InChI is InChI=1S/C20H20BrN3OS/c1-3-24(4-2)17-10-8-14(9-11-17)12-18-19(25)23-20(26-18)22-16-7-5-6-15(21)13-16/h5-13H,3-4H2,1-2H3,(H,22,23,25)/b18-12-. The molecule has 0 spiro atoms. The van der Waals surface area contributed by atoms with Gasteiger partial charge in [0, 0.05) is 23.2 Å². The number of hydrogen-bond acceptors (Lipinski definition) is 4. The normalized spacial score (nSPS) is 17.0. The Kier molecular flexibility index (Phi) is 6.16. The molecule has 0 bridgehead atoms. The summed E-state index contributed by atoms with van der Waals surface area (Å²) in [5.74, 6) is -0.114. The smallest absolute Gasteiger partial charge is 0.264 e. The number of carbonyl (C=O) groups is 1. The summed E-state index contributed by atoms with van der Waals surface area (Å²) in [6, 6.07) is 15.9. The van der Waals surface area contributed by atoms with Gasteiger partial charge in [-0.3, -0.25) is 4.79 Å². The highest BCUT2D eigenvalue weighted by Crippen LogP contribution is 2.29. The lowest BCUT2D eigenvalue weighted by molar-refractivity contribution is -0.115. The summed E-state index contributed by atoms with van der Waals surface area (Å²) in [4.78, 5) is 19.6. The number of hydrogen-bond donors (Lipinski definition) is 1. The number of halogens is 1. The van der Waals surface area contributed by atoms with Gasteiger partial charge in [0.05, 0.1) is 10.6 Å². The molecule has 0 atom stereocenters. The van der Waals surface area contributed by atoms with E-state index in [9.17, 15) is 4.79 Å². The molecule has 0 radical (unpaired) electrons. The molecule has 26 heavy (non-hydrogen) atoms. The van der Waals surface area contributed by atoms with Crippen LogP contribution in [0.4, 0.5) is 11.4 Å². The van der Waals surface area contributed by atoms with Crippen LogP contribution in [0.2, 0.25) is 0 Å². The van der Waals surface area contributed by atoms with Crippen LogP contribution in [0.1, 0.15) is 19.4 Å². The number of rotatable bonds is 5.